The number of hydrogen-bond donors (Lipinski definition) is 2. The van der Waals surface area contributed by atoms with Crippen molar-refractivity contribution in [2.24, 2.45) is 0 Å². The van der Waals surface area contributed by atoms with E-state index in [1.807, 2.05) is 6.92 Å². The van der Waals surface area contributed by atoms with E-state index in [0.717, 1.165) is 12.8 Å². The average molecular weight is 240 g/mol. The second kappa shape index (κ2) is 7.67. The van der Waals surface area contributed by atoms with Gasteiger partial charge in [0.05, 0.1) is 18.1 Å². The lowest BCUT2D eigenvalue weighted by Gasteiger charge is -2.04. The van der Waals surface area contributed by atoms with Gasteiger partial charge in [0.1, 0.15) is 6.73 Å². The highest BCUT2D eigenvalue weighted by Crippen LogP contribution is 2.04. The van der Waals surface area contributed by atoms with Gasteiger partial charge in [0, 0.05) is 13.2 Å². The third kappa shape index (κ3) is 5.35. The first-order valence-electron chi connectivity index (χ1n) is 5.91. The van der Waals surface area contributed by atoms with Crippen LogP contribution < -0.4 is 10.6 Å². The predicted molar refractivity (Wildman–Crippen MR) is 65.8 cm³/mol. The van der Waals surface area contributed by atoms with Gasteiger partial charge in [-0.1, -0.05) is 13.3 Å². The summed E-state index contributed by atoms with van der Waals surface area (Å²) in [5.41, 5.74) is 0.665. The highest BCUT2D eigenvalue weighted by molar-refractivity contribution is 5.88. The van der Waals surface area contributed by atoms with Crippen molar-refractivity contribution in [3.05, 3.63) is 12.4 Å². The molecule has 0 saturated carbocycles. The van der Waals surface area contributed by atoms with Gasteiger partial charge < -0.3 is 15.4 Å². The SMILES string of the molecule is CCCCNC(=O)Nc1cnn(COCC)c1. The number of unbranched alkanes of at least 4 members (excludes halogenated alkanes) is 1. The molecule has 0 aliphatic rings. The Morgan fingerprint density at radius 2 is 2.35 bits per heavy atom. The minimum Gasteiger partial charge on any atom is -0.360 e. The molecule has 2 N–H and O–H groups in total. The Morgan fingerprint density at radius 3 is 3.06 bits per heavy atom. The van der Waals surface area contributed by atoms with Crippen LogP contribution in [0.4, 0.5) is 10.5 Å². The Balaban J connectivity index is 2.30. The maximum atomic E-state index is 11.4. The van der Waals surface area contributed by atoms with E-state index in [9.17, 15) is 4.79 Å². The molecule has 6 heteroatoms. The van der Waals surface area contributed by atoms with E-state index in [1.165, 1.54) is 0 Å². The smallest absolute Gasteiger partial charge is 0.319 e. The van der Waals surface area contributed by atoms with Gasteiger partial charge >= 0.3 is 6.03 Å². The summed E-state index contributed by atoms with van der Waals surface area (Å²) in [5.74, 6) is 0. The zero-order chi connectivity index (χ0) is 12.5. The highest BCUT2D eigenvalue weighted by atomic mass is 16.5. The third-order valence-electron chi connectivity index (χ3n) is 2.13. The van der Waals surface area contributed by atoms with E-state index in [1.54, 1.807) is 17.1 Å². The van der Waals surface area contributed by atoms with Crippen molar-refractivity contribution in [3.8, 4) is 0 Å². The molecule has 1 rings (SSSR count). The second-order valence-electron chi connectivity index (χ2n) is 3.62. The normalized spacial score (nSPS) is 10.2. The van der Waals surface area contributed by atoms with Gasteiger partial charge in [0.25, 0.3) is 0 Å². The number of ether oxygens (including phenoxy) is 1. The zero-order valence-electron chi connectivity index (χ0n) is 10.4. The van der Waals surface area contributed by atoms with Crippen LogP contribution in [-0.4, -0.2) is 29.0 Å². The van der Waals surface area contributed by atoms with Crippen molar-refractivity contribution in [2.75, 3.05) is 18.5 Å². The molecule has 0 bridgehead atoms. The lowest BCUT2D eigenvalue weighted by molar-refractivity contribution is 0.0792. The number of urea groups is 1. The average Bonchev–Trinajstić information content (AvgIpc) is 2.74. The van der Waals surface area contributed by atoms with Gasteiger partial charge in [-0.2, -0.15) is 5.10 Å². The molecule has 0 spiro atoms. The van der Waals surface area contributed by atoms with Crippen LogP contribution in [0.3, 0.4) is 0 Å². The maximum Gasteiger partial charge on any atom is 0.319 e. The summed E-state index contributed by atoms with van der Waals surface area (Å²) < 4.78 is 6.82. The van der Waals surface area contributed by atoms with Gasteiger partial charge in [-0.3, -0.25) is 0 Å². The molecule has 0 aliphatic carbocycles. The molecule has 1 heterocycles. The molecule has 0 aromatic carbocycles. The van der Waals surface area contributed by atoms with Crippen molar-refractivity contribution in [3.63, 3.8) is 0 Å². The van der Waals surface area contributed by atoms with Gasteiger partial charge in [-0.05, 0) is 13.3 Å². The first kappa shape index (κ1) is 13.5. The molecule has 17 heavy (non-hydrogen) atoms. The fourth-order valence-corrected chi connectivity index (χ4v) is 1.24. The molecule has 0 aliphatic heterocycles. The van der Waals surface area contributed by atoms with E-state index < -0.39 is 0 Å². The van der Waals surface area contributed by atoms with Gasteiger partial charge in [-0.15, -0.1) is 0 Å². The number of rotatable bonds is 7. The van der Waals surface area contributed by atoms with Crippen LogP contribution in [0, 0.1) is 0 Å². The van der Waals surface area contributed by atoms with E-state index in [-0.39, 0.29) is 6.03 Å². The molecule has 96 valence electrons. The standard InChI is InChI=1S/C11H20N4O2/c1-3-5-6-12-11(16)14-10-7-13-15(8-10)9-17-4-2/h7-8H,3-6,9H2,1-2H3,(H2,12,14,16). The van der Waals surface area contributed by atoms with Crippen molar-refractivity contribution in [1.29, 1.82) is 0 Å². The number of amides is 2. The summed E-state index contributed by atoms with van der Waals surface area (Å²) in [7, 11) is 0. The fraction of sp³-hybridized carbons (Fsp3) is 0.636. The van der Waals surface area contributed by atoms with Crippen LogP contribution >= 0.6 is 0 Å². The number of nitrogens with zero attached hydrogens (tertiary/aromatic N) is 2. The molecule has 6 nitrogen and oxygen atoms in total. The summed E-state index contributed by atoms with van der Waals surface area (Å²) in [4.78, 5) is 11.4. The van der Waals surface area contributed by atoms with Crippen LogP contribution in [0.5, 0.6) is 0 Å². The Labute approximate surface area is 101 Å². The molecular weight excluding hydrogens is 220 g/mol. The number of anilines is 1. The number of carbonyl (C=O) groups excluding carboxylic acids is 1. The van der Waals surface area contributed by atoms with Crippen molar-refractivity contribution in [2.45, 2.75) is 33.4 Å². The molecule has 0 saturated heterocycles. The van der Waals surface area contributed by atoms with Crippen molar-refractivity contribution >= 4 is 11.7 Å². The molecule has 1 aromatic rings. The Morgan fingerprint density at radius 1 is 1.53 bits per heavy atom. The van der Waals surface area contributed by atoms with Crippen molar-refractivity contribution in [1.82, 2.24) is 15.1 Å². The monoisotopic (exact) mass is 240 g/mol. The first-order valence-corrected chi connectivity index (χ1v) is 5.91. The Kier molecular flexibility index (Phi) is 6.09. The minimum absolute atomic E-state index is 0.200. The van der Waals surface area contributed by atoms with Gasteiger partial charge in [0.15, 0.2) is 0 Å². The van der Waals surface area contributed by atoms with Crippen LogP contribution in [-0.2, 0) is 11.5 Å². The number of carbonyl (C=O) groups is 1. The number of nitrogens with one attached hydrogen (secondary N) is 2. The number of hydrogen-bond acceptors (Lipinski definition) is 3. The molecule has 2 amide bonds. The summed E-state index contributed by atoms with van der Waals surface area (Å²) in [6.07, 6.45) is 5.37. The van der Waals surface area contributed by atoms with Crippen molar-refractivity contribution < 1.29 is 9.53 Å². The largest absolute Gasteiger partial charge is 0.360 e. The van der Waals surface area contributed by atoms with Crippen LogP contribution in [0.1, 0.15) is 26.7 Å². The Hall–Kier alpha value is -1.56. The molecular formula is C11H20N4O2. The summed E-state index contributed by atoms with van der Waals surface area (Å²) in [6, 6.07) is -0.200. The molecule has 1 aromatic heterocycles. The first-order chi connectivity index (χ1) is 8.26. The lowest BCUT2D eigenvalue weighted by atomic mass is 10.3. The van der Waals surface area contributed by atoms with Gasteiger partial charge in [-0.25, -0.2) is 9.48 Å². The maximum absolute atomic E-state index is 11.4. The summed E-state index contributed by atoms with van der Waals surface area (Å²) >= 11 is 0. The van der Waals surface area contributed by atoms with Gasteiger partial charge in [0.2, 0.25) is 0 Å². The van der Waals surface area contributed by atoms with E-state index >= 15 is 0 Å². The highest BCUT2D eigenvalue weighted by Gasteiger charge is 2.03. The zero-order valence-corrected chi connectivity index (χ0v) is 10.4. The number of aromatic nitrogens is 2. The topological polar surface area (TPSA) is 68.2 Å². The van der Waals surface area contributed by atoms with Crippen LogP contribution in [0.25, 0.3) is 0 Å². The summed E-state index contributed by atoms with van der Waals surface area (Å²) in [5, 5.41) is 9.53. The predicted octanol–water partition coefficient (Wildman–Crippen LogP) is 1.80. The van der Waals surface area contributed by atoms with Crippen LogP contribution in [0.2, 0.25) is 0 Å². The molecule has 0 radical (unpaired) electrons. The van der Waals surface area contributed by atoms with E-state index in [2.05, 4.69) is 22.7 Å². The molecule has 0 atom stereocenters. The second-order valence-corrected chi connectivity index (χ2v) is 3.62. The molecule has 0 unspecified atom stereocenters. The van der Waals surface area contributed by atoms with Crippen LogP contribution in [0.15, 0.2) is 12.4 Å². The Bertz CT molecular complexity index is 338. The lowest BCUT2D eigenvalue weighted by Crippen LogP contribution is -2.29. The molecule has 0 fully saturated rings. The third-order valence-corrected chi connectivity index (χ3v) is 2.13. The van der Waals surface area contributed by atoms with E-state index in [4.69, 9.17) is 4.74 Å². The fourth-order valence-electron chi connectivity index (χ4n) is 1.24. The quantitative estimate of drug-likeness (QED) is 0.714. The van der Waals surface area contributed by atoms with E-state index in [0.29, 0.717) is 25.6 Å². The minimum atomic E-state index is -0.200. The summed E-state index contributed by atoms with van der Waals surface area (Å²) in [6.45, 7) is 5.73.